The molecule has 0 spiro atoms. The first-order chi connectivity index (χ1) is 8.34. The van der Waals surface area contributed by atoms with Gasteiger partial charge in [-0.1, -0.05) is 0 Å². The smallest absolute Gasteiger partial charge is 0.120 e. The Balaban J connectivity index is 1.61. The molecule has 0 radical (unpaired) electrons. The van der Waals surface area contributed by atoms with Crippen LogP contribution >= 0.6 is 0 Å². The summed E-state index contributed by atoms with van der Waals surface area (Å²) in [4.78, 5) is 4.22. The zero-order valence-corrected chi connectivity index (χ0v) is 9.97. The summed E-state index contributed by atoms with van der Waals surface area (Å²) in [6, 6.07) is 4.83. The van der Waals surface area contributed by atoms with E-state index < -0.39 is 0 Å². The van der Waals surface area contributed by atoms with Crippen LogP contribution in [-0.4, -0.2) is 9.55 Å². The van der Waals surface area contributed by atoms with Crippen molar-refractivity contribution in [2.24, 2.45) is 0 Å². The van der Waals surface area contributed by atoms with Gasteiger partial charge in [-0.2, -0.15) is 0 Å². The highest BCUT2D eigenvalue weighted by molar-refractivity contribution is 5.06. The average Bonchev–Trinajstić information content (AvgIpc) is 2.87. The van der Waals surface area contributed by atoms with Gasteiger partial charge in [0.25, 0.3) is 0 Å². The van der Waals surface area contributed by atoms with Gasteiger partial charge in [0.05, 0.1) is 24.3 Å². The van der Waals surface area contributed by atoms with E-state index in [9.17, 15) is 0 Å². The van der Waals surface area contributed by atoms with Crippen molar-refractivity contribution in [1.29, 1.82) is 0 Å². The van der Waals surface area contributed by atoms with E-state index in [2.05, 4.69) is 21.8 Å². The first-order valence-electron chi connectivity index (χ1n) is 6.12. The number of rotatable bonds is 5. The second-order valence-electron chi connectivity index (χ2n) is 4.64. The van der Waals surface area contributed by atoms with Gasteiger partial charge in [-0.3, -0.25) is 0 Å². The van der Waals surface area contributed by atoms with E-state index in [4.69, 9.17) is 4.42 Å². The Morgan fingerprint density at radius 3 is 3.18 bits per heavy atom. The molecule has 1 fully saturated rings. The normalized spacial score (nSPS) is 17.2. The van der Waals surface area contributed by atoms with Crippen molar-refractivity contribution in [3.63, 3.8) is 0 Å². The van der Waals surface area contributed by atoms with Gasteiger partial charge in [-0.05, 0) is 31.9 Å². The lowest BCUT2D eigenvalue weighted by Crippen LogP contribution is -2.19. The molecule has 0 aromatic carbocycles. The molecule has 90 valence electrons. The first kappa shape index (κ1) is 10.6. The van der Waals surface area contributed by atoms with Crippen molar-refractivity contribution < 1.29 is 4.42 Å². The minimum Gasteiger partial charge on any atom is -0.468 e. The van der Waals surface area contributed by atoms with Crippen molar-refractivity contribution >= 4 is 0 Å². The quantitative estimate of drug-likeness (QED) is 0.860. The Morgan fingerprint density at radius 1 is 1.59 bits per heavy atom. The Bertz CT molecular complexity index is 471. The number of nitrogens with zero attached hydrogens (tertiary/aromatic N) is 2. The lowest BCUT2D eigenvalue weighted by Gasteiger charge is -2.12. The van der Waals surface area contributed by atoms with E-state index in [-0.39, 0.29) is 6.04 Å². The standard InChI is InChI=1S/C13H17N3O/c1-10(13-3-2-6-17-13)15-8-12-7-14-9-16(12)11-4-5-11/h2-3,6-7,9-11,15H,4-5,8H2,1H3. The number of furan rings is 1. The average molecular weight is 231 g/mol. The predicted molar refractivity (Wildman–Crippen MR) is 64.5 cm³/mol. The topological polar surface area (TPSA) is 43.0 Å². The van der Waals surface area contributed by atoms with E-state index >= 15 is 0 Å². The fourth-order valence-corrected chi connectivity index (χ4v) is 2.05. The van der Waals surface area contributed by atoms with Crippen LogP contribution in [0, 0.1) is 0 Å². The Kier molecular flexibility index (Phi) is 2.73. The van der Waals surface area contributed by atoms with Crippen molar-refractivity contribution in [2.75, 3.05) is 0 Å². The third kappa shape index (κ3) is 2.26. The highest BCUT2D eigenvalue weighted by Gasteiger charge is 2.25. The summed E-state index contributed by atoms with van der Waals surface area (Å²) in [6.45, 7) is 2.94. The number of hydrogen-bond acceptors (Lipinski definition) is 3. The van der Waals surface area contributed by atoms with Gasteiger partial charge < -0.3 is 14.3 Å². The van der Waals surface area contributed by atoms with Gasteiger partial charge in [0.1, 0.15) is 5.76 Å². The molecule has 2 heterocycles. The van der Waals surface area contributed by atoms with Crippen LogP contribution in [0.25, 0.3) is 0 Å². The highest BCUT2D eigenvalue weighted by atomic mass is 16.3. The summed E-state index contributed by atoms with van der Waals surface area (Å²) in [5, 5.41) is 3.46. The fraction of sp³-hybridized carbons (Fsp3) is 0.462. The third-order valence-electron chi connectivity index (χ3n) is 3.25. The minimum absolute atomic E-state index is 0.229. The summed E-state index contributed by atoms with van der Waals surface area (Å²) in [5.41, 5.74) is 1.26. The maximum Gasteiger partial charge on any atom is 0.120 e. The maximum atomic E-state index is 5.37. The lowest BCUT2D eigenvalue weighted by molar-refractivity contribution is 0.426. The summed E-state index contributed by atoms with van der Waals surface area (Å²) in [7, 11) is 0. The molecule has 2 aromatic heterocycles. The number of nitrogens with one attached hydrogen (secondary N) is 1. The molecule has 2 aromatic rings. The molecule has 1 aliphatic rings. The molecule has 17 heavy (non-hydrogen) atoms. The zero-order valence-electron chi connectivity index (χ0n) is 9.97. The van der Waals surface area contributed by atoms with Gasteiger partial charge in [0.2, 0.25) is 0 Å². The van der Waals surface area contributed by atoms with E-state index in [0.29, 0.717) is 6.04 Å². The van der Waals surface area contributed by atoms with Crippen molar-refractivity contribution in [1.82, 2.24) is 14.9 Å². The molecule has 1 unspecified atom stereocenters. The summed E-state index contributed by atoms with van der Waals surface area (Å²) < 4.78 is 7.65. The summed E-state index contributed by atoms with van der Waals surface area (Å²) in [5.74, 6) is 0.975. The fourth-order valence-electron chi connectivity index (χ4n) is 2.05. The monoisotopic (exact) mass is 231 g/mol. The van der Waals surface area contributed by atoms with Crippen LogP contribution in [0.3, 0.4) is 0 Å². The molecule has 1 atom stereocenters. The van der Waals surface area contributed by atoms with E-state index in [0.717, 1.165) is 12.3 Å². The number of hydrogen-bond donors (Lipinski definition) is 1. The SMILES string of the molecule is CC(NCc1cncn1C1CC1)c1ccco1. The summed E-state index contributed by atoms with van der Waals surface area (Å²) >= 11 is 0. The summed E-state index contributed by atoms with van der Waals surface area (Å²) in [6.07, 6.45) is 8.17. The molecule has 0 bridgehead atoms. The maximum absolute atomic E-state index is 5.37. The van der Waals surface area contributed by atoms with E-state index in [1.165, 1.54) is 18.5 Å². The molecular formula is C13H17N3O. The van der Waals surface area contributed by atoms with Crippen LogP contribution in [-0.2, 0) is 6.54 Å². The van der Waals surface area contributed by atoms with Crippen LogP contribution < -0.4 is 5.32 Å². The molecule has 4 heteroatoms. The zero-order chi connectivity index (χ0) is 11.7. The number of aromatic nitrogens is 2. The molecule has 4 nitrogen and oxygen atoms in total. The Hall–Kier alpha value is -1.55. The van der Waals surface area contributed by atoms with Crippen molar-refractivity contribution in [2.45, 2.75) is 38.4 Å². The minimum atomic E-state index is 0.229. The van der Waals surface area contributed by atoms with E-state index in [1.807, 2.05) is 24.7 Å². The molecular weight excluding hydrogens is 214 g/mol. The predicted octanol–water partition coefficient (Wildman–Crippen LogP) is 2.66. The van der Waals surface area contributed by atoms with Gasteiger partial charge >= 0.3 is 0 Å². The second kappa shape index (κ2) is 4.37. The molecule has 1 aliphatic carbocycles. The van der Waals surface area contributed by atoms with Crippen molar-refractivity contribution in [3.05, 3.63) is 42.4 Å². The van der Waals surface area contributed by atoms with Crippen LogP contribution in [0.15, 0.2) is 35.3 Å². The molecule has 0 saturated heterocycles. The van der Waals surface area contributed by atoms with Gasteiger partial charge in [-0.25, -0.2) is 4.98 Å². The largest absolute Gasteiger partial charge is 0.468 e. The Morgan fingerprint density at radius 2 is 2.47 bits per heavy atom. The van der Waals surface area contributed by atoms with Gasteiger partial charge in [0, 0.05) is 18.8 Å². The first-order valence-corrected chi connectivity index (χ1v) is 6.12. The van der Waals surface area contributed by atoms with Crippen LogP contribution in [0.4, 0.5) is 0 Å². The van der Waals surface area contributed by atoms with Crippen molar-refractivity contribution in [3.8, 4) is 0 Å². The lowest BCUT2D eigenvalue weighted by atomic mass is 10.2. The Labute approximate surface area is 101 Å². The molecule has 0 amide bonds. The molecule has 1 N–H and O–H groups in total. The third-order valence-corrected chi connectivity index (χ3v) is 3.25. The van der Waals surface area contributed by atoms with Crippen LogP contribution in [0.5, 0.6) is 0 Å². The van der Waals surface area contributed by atoms with Gasteiger partial charge in [-0.15, -0.1) is 0 Å². The highest BCUT2D eigenvalue weighted by Crippen LogP contribution is 2.35. The van der Waals surface area contributed by atoms with Gasteiger partial charge in [0.15, 0.2) is 0 Å². The number of imidazole rings is 1. The second-order valence-corrected chi connectivity index (χ2v) is 4.64. The van der Waals surface area contributed by atoms with Crippen LogP contribution in [0.1, 0.15) is 43.3 Å². The molecule has 3 rings (SSSR count). The molecule has 1 saturated carbocycles. The molecule has 0 aliphatic heterocycles. The van der Waals surface area contributed by atoms with Crippen LogP contribution in [0.2, 0.25) is 0 Å². The van der Waals surface area contributed by atoms with E-state index in [1.54, 1.807) is 6.26 Å².